The lowest BCUT2D eigenvalue weighted by molar-refractivity contribution is -0.890. The number of hydrogen-bond donors (Lipinski definition) is 3. The van der Waals surface area contributed by atoms with E-state index in [0.29, 0.717) is 22.9 Å². The van der Waals surface area contributed by atoms with E-state index in [1.54, 1.807) is 20.1 Å². The van der Waals surface area contributed by atoms with E-state index in [1.165, 1.54) is 11.0 Å². The lowest BCUT2D eigenvalue weighted by atomic mass is 10.1. The Kier molecular flexibility index (Phi) is 6.73. The number of nitrogens with one attached hydrogen (secondary N) is 3. The Morgan fingerprint density at radius 2 is 2.00 bits per heavy atom. The zero-order chi connectivity index (χ0) is 18.4. The number of likely N-dealkylation sites (N-methyl/N-ethyl adjacent to an activating group) is 1. The molecule has 134 valence electrons. The standard InChI is InChI=1S/C19H24FN3OS/c1-13-8-9-15(11-17(13)20)22-19(25)21-12-18(23(2)3)14-6-5-7-16(10-14)24-4/h5-11,18H,12H2,1-4H3,(H2,21,22,25)/p+1/t18-/m1/s1. The minimum Gasteiger partial charge on any atom is -0.497 e. The predicted octanol–water partition coefficient (Wildman–Crippen LogP) is 2.31. The number of quaternary nitrogens is 1. The van der Waals surface area contributed by atoms with Crippen LogP contribution in [0.25, 0.3) is 0 Å². The summed E-state index contributed by atoms with van der Waals surface area (Å²) in [5, 5.41) is 6.71. The summed E-state index contributed by atoms with van der Waals surface area (Å²) < 4.78 is 18.9. The average Bonchev–Trinajstić information content (AvgIpc) is 2.58. The Hall–Kier alpha value is -2.18. The molecule has 0 amide bonds. The molecule has 2 rings (SSSR count). The fraction of sp³-hybridized carbons (Fsp3) is 0.316. The van der Waals surface area contributed by atoms with Crippen molar-refractivity contribution in [2.45, 2.75) is 13.0 Å². The van der Waals surface area contributed by atoms with Gasteiger partial charge in [-0.15, -0.1) is 0 Å². The highest BCUT2D eigenvalue weighted by atomic mass is 32.1. The molecule has 2 aromatic carbocycles. The van der Waals surface area contributed by atoms with Crippen LogP contribution in [0.3, 0.4) is 0 Å². The van der Waals surface area contributed by atoms with Gasteiger partial charge in [-0.05, 0) is 49.0 Å². The van der Waals surface area contributed by atoms with E-state index in [0.717, 1.165) is 11.3 Å². The zero-order valence-electron chi connectivity index (χ0n) is 15.0. The van der Waals surface area contributed by atoms with Crippen LogP contribution in [0.4, 0.5) is 10.1 Å². The molecule has 4 nitrogen and oxygen atoms in total. The second kappa shape index (κ2) is 8.78. The van der Waals surface area contributed by atoms with Crippen molar-refractivity contribution in [2.24, 2.45) is 0 Å². The van der Waals surface area contributed by atoms with Gasteiger partial charge < -0.3 is 20.3 Å². The first-order chi connectivity index (χ1) is 11.9. The first kappa shape index (κ1) is 19.1. The van der Waals surface area contributed by atoms with E-state index in [1.807, 2.05) is 24.3 Å². The monoisotopic (exact) mass is 362 g/mol. The highest BCUT2D eigenvalue weighted by Gasteiger charge is 2.18. The molecule has 3 N–H and O–H groups in total. The number of halogens is 1. The molecule has 0 aliphatic rings. The lowest BCUT2D eigenvalue weighted by Gasteiger charge is -2.23. The molecule has 2 aromatic rings. The molecule has 0 aliphatic heterocycles. The highest BCUT2D eigenvalue weighted by molar-refractivity contribution is 7.80. The molecular weight excluding hydrogens is 337 g/mol. The molecule has 0 aliphatic carbocycles. The van der Waals surface area contributed by atoms with Gasteiger partial charge in [0.15, 0.2) is 5.11 Å². The van der Waals surface area contributed by atoms with Crippen LogP contribution in [-0.2, 0) is 0 Å². The van der Waals surface area contributed by atoms with Gasteiger partial charge in [0, 0.05) is 11.3 Å². The maximum Gasteiger partial charge on any atom is 0.171 e. The minimum absolute atomic E-state index is 0.199. The Morgan fingerprint density at radius 1 is 1.24 bits per heavy atom. The van der Waals surface area contributed by atoms with Crippen LogP contribution >= 0.6 is 12.2 Å². The Balaban J connectivity index is 2.00. The van der Waals surface area contributed by atoms with Crippen molar-refractivity contribution in [3.05, 3.63) is 59.4 Å². The zero-order valence-corrected chi connectivity index (χ0v) is 15.8. The van der Waals surface area contributed by atoms with Gasteiger partial charge in [-0.25, -0.2) is 4.39 Å². The molecule has 0 unspecified atom stereocenters. The molecule has 25 heavy (non-hydrogen) atoms. The number of anilines is 1. The van der Waals surface area contributed by atoms with Crippen molar-refractivity contribution in [2.75, 3.05) is 33.1 Å². The summed E-state index contributed by atoms with van der Waals surface area (Å²) in [5.74, 6) is 0.583. The summed E-state index contributed by atoms with van der Waals surface area (Å²) in [4.78, 5) is 1.27. The van der Waals surface area contributed by atoms with Crippen molar-refractivity contribution in [3.63, 3.8) is 0 Å². The fourth-order valence-electron chi connectivity index (χ4n) is 2.55. The Bertz CT molecular complexity index is 736. The van der Waals surface area contributed by atoms with E-state index in [-0.39, 0.29) is 11.9 Å². The number of benzene rings is 2. The smallest absolute Gasteiger partial charge is 0.171 e. The normalized spacial score (nSPS) is 11.9. The predicted molar refractivity (Wildman–Crippen MR) is 104 cm³/mol. The van der Waals surface area contributed by atoms with Crippen molar-refractivity contribution in [1.82, 2.24) is 5.32 Å². The maximum atomic E-state index is 13.6. The molecule has 0 fully saturated rings. The highest BCUT2D eigenvalue weighted by Crippen LogP contribution is 2.17. The quantitative estimate of drug-likeness (QED) is 0.690. The van der Waals surface area contributed by atoms with Crippen LogP contribution in [0.1, 0.15) is 17.2 Å². The summed E-state index contributed by atoms with van der Waals surface area (Å²) in [6, 6.07) is 13.2. The number of rotatable bonds is 6. The number of methoxy groups -OCH3 is 1. The molecule has 0 saturated heterocycles. The van der Waals surface area contributed by atoms with Crippen molar-refractivity contribution >= 4 is 23.0 Å². The molecule has 0 aromatic heterocycles. The Morgan fingerprint density at radius 3 is 2.64 bits per heavy atom. The molecule has 0 radical (unpaired) electrons. The molecule has 6 heteroatoms. The van der Waals surface area contributed by atoms with Crippen LogP contribution in [0.2, 0.25) is 0 Å². The second-order valence-corrected chi connectivity index (χ2v) is 6.61. The number of aryl methyl sites for hydroxylation is 1. The largest absolute Gasteiger partial charge is 0.497 e. The van der Waals surface area contributed by atoms with Crippen LogP contribution in [0.15, 0.2) is 42.5 Å². The number of ether oxygens (including phenoxy) is 1. The molecular formula is C19H25FN3OS+. The molecule has 1 atom stereocenters. The Labute approximate surface area is 154 Å². The van der Waals surface area contributed by atoms with Gasteiger partial charge in [0.05, 0.1) is 27.7 Å². The fourth-order valence-corrected chi connectivity index (χ4v) is 2.76. The molecule has 0 bridgehead atoms. The van der Waals surface area contributed by atoms with Crippen molar-refractivity contribution < 1.29 is 14.0 Å². The lowest BCUT2D eigenvalue weighted by Crippen LogP contribution is -3.07. The summed E-state index contributed by atoms with van der Waals surface area (Å²) in [6.07, 6.45) is 0. The summed E-state index contributed by atoms with van der Waals surface area (Å²) in [5.41, 5.74) is 2.41. The first-order valence-corrected chi connectivity index (χ1v) is 8.56. The van der Waals surface area contributed by atoms with Gasteiger partial charge >= 0.3 is 0 Å². The van der Waals surface area contributed by atoms with E-state index in [2.05, 4.69) is 30.8 Å². The van der Waals surface area contributed by atoms with Crippen LogP contribution in [0, 0.1) is 12.7 Å². The summed E-state index contributed by atoms with van der Waals surface area (Å²) >= 11 is 5.34. The second-order valence-electron chi connectivity index (χ2n) is 6.21. The summed E-state index contributed by atoms with van der Waals surface area (Å²) in [6.45, 7) is 2.38. The van der Waals surface area contributed by atoms with Crippen LogP contribution < -0.4 is 20.3 Å². The SMILES string of the molecule is COc1cccc([C@@H](CNC(=S)Nc2ccc(C)c(F)c2)[NH+](C)C)c1. The third-order valence-electron chi connectivity index (χ3n) is 4.09. The minimum atomic E-state index is -0.250. The summed E-state index contributed by atoms with van der Waals surface area (Å²) in [7, 11) is 5.85. The van der Waals surface area contributed by atoms with E-state index >= 15 is 0 Å². The number of thiocarbonyl (C=S) groups is 1. The van der Waals surface area contributed by atoms with Crippen molar-refractivity contribution in [1.29, 1.82) is 0 Å². The van der Waals surface area contributed by atoms with Gasteiger partial charge in [0.25, 0.3) is 0 Å². The molecule has 0 saturated carbocycles. The van der Waals surface area contributed by atoms with Gasteiger partial charge in [0.2, 0.25) is 0 Å². The van der Waals surface area contributed by atoms with E-state index < -0.39 is 0 Å². The maximum absolute atomic E-state index is 13.6. The van der Waals surface area contributed by atoms with Crippen LogP contribution in [0.5, 0.6) is 5.75 Å². The third kappa shape index (κ3) is 5.41. The number of hydrogen-bond acceptors (Lipinski definition) is 2. The van der Waals surface area contributed by atoms with E-state index in [4.69, 9.17) is 17.0 Å². The third-order valence-corrected chi connectivity index (χ3v) is 4.34. The molecule has 0 heterocycles. The van der Waals surface area contributed by atoms with Gasteiger partial charge in [0.1, 0.15) is 17.6 Å². The topological polar surface area (TPSA) is 37.7 Å². The van der Waals surface area contributed by atoms with Crippen LogP contribution in [-0.4, -0.2) is 32.9 Å². The van der Waals surface area contributed by atoms with Gasteiger partial charge in [-0.1, -0.05) is 18.2 Å². The first-order valence-electron chi connectivity index (χ1n) is 8.15. The van der Waals surface area contributed by atoms with Gasteiger partial charge in [-0.2, -0.15) is 0 Å². The van der Waals surface area contributed by atoms with E-state index in [9.17, 15) is 4.39 Å². The molecule has 0 spiro atoms. The average molecular weight is 362 g/mol. The van der Waals surface area contributed by atoms with Gasteiger partial charge in [-0.3, -0.25) is 0 Å². The van der Waals surface area contributed by atoms with Crippen molar-refractivity contribution in [3.8, 4) is 5.75 Å².